The molecule has 1 aliphatic rings. The molecule has 1 aliphatic heterocycles. The van der Waals surface area contributed by atoms with Crippen molar-refractivity contribution in [2.75, 3.05) is 19.8 Å². The molecular formula is C12H25NO. The maximum atomic E-state index is 5.88. The Kier molecular flexibility index (Phi) is 4.90. The van der Waals surface area contributed by atoms with E-state index in [2.05, 4.69) is 13.8 Å². The van der Waals surface area contributed by atoms with E-state index in [1.807, 2.05) is 0 Å². The molecule has 0 aliphatic carbocycles. The fraction of sp³-hybridized carbons (Fsp3) is 1.00. The molecule has 2 nitrogen and oxygen atoms in total. The topological polar surface area (TPSA) is 35.2 Å². The van der Waals surface area contributed by atoms with Crippen LogP contribution in [0.2, 0.25) is 0 Å². The first-order valence-corrected chi connectivity index (χ1v) is 5.96. The van der Waals surface area contributed by atoms with E-state index in [1.54, 1.807) is 0 Å². The van der Waals surface area contributed by atoms with Crippen molar-refractivity contribution in [1.29, 1.82) is 0 Å². The van der Waals surface area contributed by atoms with Crippen molar-refractivity contribution >= 4 is 0 Å². The zero-order chi connectivity index (χ0) is 10.4. The standard InChI is InChI=1S/C12H25NO/c1-11(2)5-3-6-12(9-13)7-4-8-14-10-12/h11H,3-10,13H2,1-2H3. The third-order valence-corrected chi connectivity index (χ3v) is 3.33. The quantitative estimate of drug-likeness (QED) is 0.738. The van der Waals surface area contributed by atoms with E-state index in [-0.39, 0.29) is 0 Å². The van der Waals surface area contributed by atoms with Gasteiger partial charge in [0.2, 0.25) is 0 Å². The molecule has 0 aromatic carbocycles. The van der Waals surface area contributed by atoms with Crippen LogP contribution in [0.25, 0.3) is 0 Å². The maximum Gasteiger partial charge on any atom is 0.0534 e. The van der Waals surface area contributed by atoms with Gasteiger partial charge >= 0.3 is 0 Å². The van der Waals surface area contributed by atoms with E-state index in [9.17, 15) is 0 Å². The predicted octanol–water partition coefficient (Wildman–Crippen LogP) is 2.57. The van der Waals surface area contributed by atoms with Crippen molar-refractivity contribution in [3.05, 3.63) is 0 Å². The summed E-state index contributed by atoms with van der Waals surface area (Å²) in [5, 5.41) is 0. The van der Waals surface area contributed by atoms with Gasteiger partial charge in [-0.15, -0.1) is 0 Å². The van der Waals surface area contributed by atoms with Crippen LogP contribution in [-0.4, -0.2) is 19.8 Å². The maximum absolute atomic E-state index is 5.88. The lowest BCUT2D eigenvalue weighted by Crippen LogP contribution is -2.38. The Morgan fingerprint density at radius 3 is 2.71 bits per heavy atom. The molecule has 1 heterocycles. The van der Waals surface area contributed by atoms with Gasteiger partial charge in [-0.1, -0.05) is 26.7 Å². The van der Waals surface area contributed by atoms with Gasteiger partial charge < -0.3 is 10.5 Å². The minimum absolute atomic E-state index is 0.313. The molecule has 0 bridgehead atoms. The average molecular weight is 199 g/mol. The molecule has 0 aromatic heterocycles. The van der Waals surface area contributed by atoms with Gasteiger partial charge in [0, 0.05) is 18.6 Å². The molecule has 0 radical (unpaired) electrons. The van der Waals surface area contributed by atoms with Crippen molar-refractivity contribution in [3.63, 3.8) is 0 Å². The predicted molar refractivity (Wildman–Crippen MR) is 60.2 cm³/mol. The van der Waals surface area contributed by atoms with Crippen LogP contribution in [0.3, 0.4) is 0 Å². The summed E-state index contributed by atoms with van der Waals surface area (Å²) in [4.78, 5) is 0. The third kappa shape index (κ3) is 3.58. The van der Waals surface area contributed by atoms with E-state index in [1.165, 1.54) is 32.1 Å². The zero-order valence-corrected chi connectivity index (χ0v) is 9.72. The Balaban J connectivity index is 2.29. The van der Waals surface area contributed by atoms with E-state index in [0.29, 0.717) is 5.41 Å². The summed E-state index contributed by atoms with van der Waals surface area (Å²) in [6.07, 6.45) is 6.34. The molecule has 0 aromatic rings. The fourth-order valence-corrected chi connectivity index (χ4v) is 2.26. The van der Waals surface area contributed by atoms with E-state index >= 15 is 0 Å². The van der Waals surface area contributed by atoms with Gasteiger partial charge in [0.05, 0.1) is 6.61 Å². The van der Waals surface area contributed by atoms with Crippen molar-refractivity contribution in [1.82, 2.24) is 0 Å². The molecule has 0 spiro atoms. The largest absolute Gasteiger partial charge is 0.381 e. The highest BCUT2D eigenvalue weighted by Crippen LogP contribution is 2.33. The van der Waals surface area contributed by atoms with Crippen molar-refractivity contribution in [2.24, 2.45) is 17.1 Å². The van der Waals surface area contributed by atoms with Crippen LogP contribution in [0.15, 0.2) is 0 Å². The summed E-state index contributed by atoms with van der Waals surface area (Å²) in [5.74, 6) is 0.814. The summed E-state index contributed by atoms with van der Waals surface area (Å²) in [5.41, 5.74) is 6.19. The Bertz CT molecular complexity index is 150. The van der Waals surface area contributed by atoms with Crippen LogP contribution < -0.4 is 5.73 Å². The van der Waals surface area contributed by atoms with Gasteiger partial charge in [-0.3, -0.25) is 0 Å². The first-order chi connectivity index (χ1) is 6.68. The number of hydrogen-bond acceptors (Lipinski definition) is 2. The van der Waals surface area contributed by atoms with Crippen LogP contribution in [0.4, 0.5) is 0 Å². The van der Waals surface area contributed by atoms with Gasteiger partial charge in [0.1, 0.15) is 0 Å². The molecule has 84 valence electrons. The Morgan fingerprint density at radius 2 is 2.21 bits per heavy atom. The molecule has 1 unspecified atom stereocenters. The van der Waals surface area contributed by atoms with Gasteiger partial charge in [0.25, 0.3) is 0 Å². The van der Waals surface area contributed by atoms with Crippen LogP contribution in [-0.2, 0) is 4.74 Å². The van der Waals surface area contributed by atoms with Crippen LogP contribution in [0.1, 0.15) is 46.0 Å². The Hall–Kier alpha value is -0.0800. The van der Waals surface area contributed by atoms with Crippen molar-refractivity contribution < 1.29 is 4.74 Å². The molecule has 2 N–H and O–H groups in total. The summed E-state index contributed by atoms with van der Waals surface area (Å²) in [7, 11) is 0. The van der Waals surface area contributed by atoms with Crippen LogP contribution in [0, 0.1) is 11.3 Å². The summed E-state index contributed by atoms with van der Waals surface area (Å²) < 4.78 is 5.55. The third-order valence-electron chi connectivity index (χ3n) is 3.33. The smallest absolute Gasteiger partial charge is 0.0534 e. The molecule has 1 saturated heterocycles. The highest BCUT2D eigenvalue weighted by atomic mass is 16.5. The van der Waals surface area contributed by atoms with Gasteiger partial charge in [-0.05, 0) is 25.2 Å². The zero-order valence-electron chi connectivity index (χ0n) is 9.72. The summed E-state index contributed by atoms with van der Waals surface area (Å²) >= 11 is 0. The molecular weight excluding hydrogens is 174 g/mol. The van der Waals surface area contributed by atoms with E-state index < -0.39 is 0 Å². The summed E-state index contributed by atoms with van der Waals surface area (Å²) in [6.45, 7) is 7.19. The lowest BCUT2D eigenvalue weighted by Gasteiger charge is -2.36. The second kappa shape index (κ2) is 5.72. The Morgan fingerprint density at radius 1 is 1.43 bits per heavy atom. The Labute approximate surface area is 88.2 Å². The van der Waals surface area contributed by atoms with Gasteiger partial charge in [-0.2, -0.15) is 0 Å². The highest BCUT2D eigenvalue weighted by Gasteiger charge is 2.30. The first-order valence-electron chi connectivity index (χ1n) is 5.96. The lowest BCUT2D eigenvalue weighted by atomic mass is 9.78. The number of nitrogens with two attached hydrogens (primary N) is 1. The van der Waals surface area contributed by atoms with Gasteiger partial charge in [0.15, 0.2) is 0 Å². The van der Waals surface area contributed by atoms with Gasteiger partial charge in [-0.25, -0.2) is 0 Å². The van der Waals surface area contributed by atoms with Crippen molar-refractivity contribution in [3.8, 4) is 0 Å². The number of rotatable bonds is 5. The second-order valence-corrected chi connectivity index (χ2v) is 5.15. The number of ether oxygens (including phenoxy) is 1. The molecule has 2 heteroatoms. The molecule has 0 saturated carbocycles. The first kappa shape index (κ1) is 12.0. The second-order valence-electron chi connectivity index (χ2n) is 5.15. The molecule has 1 rings (SSSR count). The molecule has 1 atom stereocenters. The van der Waals surface area contributed by atoms with E-state index in [4.69, 9.17) is 10.5 Å². The van der Waals surface area contributed by atoms with Crippen LogP contribution in [0.5, 0.6) is 0 Å². The van der Waals surface area contributed by atoms with Crippen LogP contribution >= 0.6 is 0 Å². The molecule has 14 heavy (non-hydrogen) atoms. The minimum atomic E-state index is 0.313. The van der Waals surface area contributed by atoms with E-state index in [0.717, 1.165) is 25.7 Å². The fourth-order valence-electron chi connectivity index (χ4n) is 2.26. The minimum Gasteiger partial charge on any atom is -0.381 e. The molecule has 0 amide bonds. The van der Waals surface area contributed by atoms with Crippen molar-refractivity contribution in [2.45, 2.75) is 46.0 Å². The number of hydrogen-bond donors (Lipinski definition) is 1. The normalized spacial score (nSPS) is 28.3. The average Bonchev–Trinajstić information content (AvgIpc) is 2.19. The monoisotopic (exact) mass is 199 g/mol. The lowest BCUT2D eigenvalue weighted by molar-refractivity contribution is -0.00905. The molecule has 1 fully saturated rings. The summed E-state index contributed by atoms with van der Waals surface area (Å²) in [6, 6.07) is 0. The highest BCUT2D eigenvalue weighted by molar-refractivity contribution is 4.82. The SMILES string of the molecule is CC(C)CCCC1(CN)CCCOC1.